The number of fused-ring (bicyclic) bond motifs is 1. The molecule has 6 nitrogen and oxygen atoms in total. The van der Waals surface area contributed by atoms with E-state index in [0.29, 0.717) is 19.8 Å². The molecule has 0 aromatic heterocycles. The summed E-state index contributed by atoms with van der Waals surface area (Å²) in [6, 6.07) is 19.8. The molecule has 30 heavy (non-hydrogen) atoms. The number of methoxy groups -OCH3 is 1. The highest BCUT2D eigenvalue weighted by Crippen LogP contribution is 2.36. The van der Waals surface area contributed by atoms with Gasteiger partial charge in [0, 0.05) is 12.7 Å². The van der Waals surface area contributed by atoms with Crippen molar-refractivity contribution >= 4 is 0 Å². The Kier molecular flexibility index (Phi) is 7.28. The molecule has 2 saturated heterocycles. The summed E-state index contributed by atoms with van der Waals surface area (Å²) in [5.74, 6) is 0. The Labute approximate surface area is 177 Å². The Hall–Kier alpha value is -2.06. The quantitative estimate of drug-likeness (QED) is 0.617. The molecule has 0 saturated carbocycles. The van der Waals surface area contributed by atoms with Gasteiger partial charge in [0.25, 0.3) is 0 Å². The lowest BCUT2D eigenvalue weighted by molar-refractivity contribution is -0.367. The molecule has 2 aromatic rings. The largest absolute Gasteiger partial charge is 0.368 e. The minimum Gasteiger partial charge on any atom is -0.368 e. The van der Waals surface area contributed by atoms with Crippen molar-refractivity contribution in [3.63, 3.8) is 0 Å². The maximum Gasteiger partial charge on any atom is 0.186 e. The molecular weight excluding hydrogens is 384 g/mol. The molecule has 2 aromatic carbocycles. The highest BCUT2D eigenvalue weighted by atomic mass is 16.8. The average Bonchev–Trinajstić information content (AvgIpc) is 2.82. The van der Waals surface area contributed by atoms with Gasteiger partial charge >= 0.3 is 0 Å². The van der Waals surface area contributed by atoms with Gasteiger partial charge in [-0.25, -0.2) is 0 Å². The summed E-state index contributed by atoms with van der Waals surface area (Å²) in [4.78, 5) is 0. The Balaban J connectivity index is 1.54. The van der Waals surface area contributed by atoms with E-state index in [-0.39, 0.29) is 12.2 Å². The third-order valence-electron chi connectivity index (χ3n) is 5.28. The van der Waals surface area contributed by atoms with Crippen molar-refractivity contribution in [3.05, 3.63) is 84.4 Å². The van der Waals surface area contributed by atoms with Crippen LogP contribution >= 0.6 is 0 Å². The van der Waals surface area contributed by atoms with Gasteiger partial charge in [-0.1, -0.05) is 66.7 Å². The van der Waals surface area contributed by atoms with E-state index in [1.807, 2.05) is 60.7 Å². The Morgan fingerprint density at radius 3 is 2.40 bits per heavy atom. The van der Waals surface area contributed by atoms with Gasteiger partial charge < -0.3 is 28.4 Å². The van der Waals surface area contributed by atoms with Crippen molar-refractivity contribution in [2.45, 2.75) is 43.6 Å². The second-order valence-corrected chi connectivity index (χ2v) is 7.30. The molecule has 0 bridgehead atoms. The average molecular weight is 412 g/mol. The molecule has 0 N–H and O–H groups in total. The summed E-state index contributed by atoms with van der Waals surface area (Å²) < 4.78 is 36.4. The van der Waals surface area contributed by atoms with Crippen LogP contribution in [0.4, 0.5) is 0 Å². The molecule has 0 amide bonds. The van der Waals surface area contributed by atoms with E-state index in [1.165, 1.54) is 0 Å². The SMILES string of the molecule is C=CCO[C@@H]1[C@@H](OCc2ccccc2)[C@@H](OC)O[C@@H]2CO[C@@H](c3ccccc3)O[C@@H]12. The van der Waals surface area contributed by atoms with E-state index in [4.69, 9.17) is 28.4 Å². The monoisotopic (exact) mass is 412 g/mol. The van der Waals surface area contributed by atoms with Crippen LogP contribution in [0.2, 0.25) is 0 Å². The number of benzene rings is 2. The van der Waals surface area contributed by atoms with Crippen LogP contribution in [0.1, 0.15) is 17.4 Å². The molecule has 0 unspecified atom stereocenters. The predicted octanol–water partition coefficient (Wildman–Crippen LogP) is 3.63. The summed E-state index contributed by atoms with van der Waals surface area (Å²) in [6.07, 6.45) is -0.909. The Bertz CT molecular complexity index is 777. The van der Waals surface area contributed by atoms with E-state index in [1.54, 1.807) is 13.2 Å². The normalized spacial score (nSPS) is 31.1. The third kappa shape index (κ3) is 4.81. The number of hydrogen-bond acceptors (Lipinski definition) is 6. The minimum atomic E-state index is -0.592. The van der Waals surface area contributed by atoms with Gasteiger partial charge in [0.15, 0.2) is 12.6 Å². The second-order valence-electron chi connectivity index (χ2n) is 7.30. The molecule has 0 spiro atoms. The van der Waals surface area contributed by atoms with E-state index < -0.39 is 24.8 Å². The fraction of sp³-hybridized carbons (Fsp3) is 0.417. The summed E-state index contributed by atoms with van der Waals surface area (Å²) in [5.41, 5.74) is 2.01. The van der Waals surface area contributed by atoms with Crippen molar-refractivity contribution in [2.75, 3.05) is 20.3 Å². The number of ether oxygens (including phenoxy) is 6. The molecule has 2 aliphatic heterocycles. The maximum absolute atomic E-state index is 6.32. The topological polar surface area (TPSA) is 55.4 Å². The first-order valence-corrected chi connectivity index (χ1v) is 10.2. The number of hydrogen-bond donors (Lipinski definition) is 0. The van der Waals surface area contributed by atoms with Crippen LogP contribution in [-0.2, 0) is 35.0 Å². The lowest BCUT2D eigenvalue weighted by Crippen LogP contribution is -2.63. The van der Waals surface area contributed by atoms with Crippen molar-refractivity contribution in [1.29, 1.82) is 0 Å². The van der Waals surface area contributed by atoms with Gasteiger partial charge in [0.1, 0.15) is 24.4 Å². The standard InChI is InChI=1S/C24H28O6/c1-3-14-26-21-20-19(16-28-23(30-20)18-12-8-5-9-13-18)29-24(25-2)22(21)27-15-17-10-6-4-7-11-17/h3-13,19-24H,1,14-16H2,2H3/t19-,20-,21+,22-,23-,24+/m1/s1. The van der Waals surface area contributed by atoms with Crippen molar-refractivity contribution in [2.24, 2.45) is 0 Å². The fourth-order valence-electron chi connectivity index (χ4n) is 3.83. The van der Waals surface area contributed by atoms with Crippen LogP contribution in [0.5, 0.6) is 0 Å². The van der Waals surface area contributed by atoms with Gasteiger partial charge in [-0.2, -0.15) is 0 Å². The third-order valence-corrected chi connectivity index (χ3v) is 5.28. The van der Waals surface area contributed by atoms with Crippen LogP contribution in [-0.4, -0.2) is 51.0 Å². The van der Waals surface area contributed by atoms with E-state index >= 15 is 0 Å². The molecular formula is C24H28O6. The highest BCUT2D eigenvalue weighted by molar-refractivity contribution is 5.17. The molecule has 4 rings (SSSR count). The van der Waals surface area contributed by atoms with Gasteiger partial charge in [0.05, 0.1) is 19.8 Å². The van der Waals surface area contributed by atoms with Crippen molar-refractivity contribution in [1.82, 2.24) is 0 Å². The molecule has 0 aliphatic carbocycles. The van der Waals surface area contributed by atoms with Crippen LogP contribution < -0.4 is 0 Å². The zero-order valence-electron chi connectivity index (χ0n) is 17.1. The predicted molar refractivity (Wildman–Crippen MR) is 111 cm³/mol. The maximum atomic E-state index is 6.32. The van der Waals surface area contributed by atoms with Crippen molar-refractivity contribution < 1.29 is 28.4 Å². The van der Waals surface area contributed by atoms with Gasteiger partial charge in [-0.3, -0.25) is 0 Å². The van der Waals surface area contributed by atoms with Gasteiger partial charge in [-0.05, 0) is 5.56 Å². The molecule has 2 fully saturated rings. The summed E-state index contributed by atoms with van der Waals surface area (Å²) in [7, 11) is 1.60. The summed E-state index contributed by atoms with van der Waals surface area (Å²) >= 11 is 0. The summed E-state index contributed by atoms with van der Waals surface area (Å²) in [6.45, 7) is 4.94. The number of rotatable bonds is 8. The Morgan fingerprint density at radius 2 is 1.70 bits per heavy atom. The lowest BCUT2D eigenvalue weighted by atomic mass is 9.97. The summed E-state index contributed by atoms with van der Waals surface area (Å²) in [5, 5.41) is 0. The fourth-order valence-corrected chi connectivity index (χ4v) is 3.83. The van der Waals surface area contributed by atoms with E-state index in [9.17, 15) is 0 Å². The van der Waals surface area contributed by atoms with E-state index in [2.05, 4.69) is 6.58 Å². The molecule has 2 heterocycles. The highest BCUT2D eigenvalue weighted by Gasteiger charge is 2.51. The lowest BCUT2D eigenvalue weighted by Gasteiger charge is -2.48. The zero-order chi connectivity index (χ0) is 20.8. The first-order chi connectivity index (χ1) is 14.8. The van der Waals surface area contributed by atoms with Gasteiger partial charge in [0.2, 0.25) is 0 Å². The minimum absolute atomic E-state index is 0.318. The molecule has 2 aliphatic rings. The Morgan fingerprint density at radius 1 is 0.967 bits per heavy atom. The molecule has 6 heteroatoms. The van der Waals surface area contributed by atoms with Crippen LogP contribution in [0.15, 0.2) is 73.3 Å². The van der Waals surface area contributed by atoms with Crippen LogP contribution in [0, 0.1) is 0 Å². The van der Waals surface area contributed by atoms with E-state index in [0.717, 1.165) is 11.1 Å². The van der Waals surface area contributed by atoms with Gasteiger partial charge in [-0.15, -0.1) is 6.58 Å². The van der Waals surface area contributed by atoms with Crippen LogP contribution in [0.25, 0.3) is 0 Å². The van der Waals surface area contributed by atoms with Crippen molar-refractivity contribution in [3.8, 4) is 0 Å². The molecule has 6 atom stereocenters. The smallest absolute Gasteiger partial charge is 0.186 e. The second kappa shape index (κ2) is 10.3. The molecule has 0 radical (unpaired) electrons. The zero-order valence-corrected chi connectivity index (χ0v) is 17.1. The van der Waals surface area contributed by atoms with Crippen LogP contribution in [0.3, 0.4) is 0 Å². The molecule has 160 valence electrons. The first-order valence-electron chi connectivity index (χ1n) is 10.2. The first kappa shape index (κ1) is 21.2.